The number of hydrogen-bond donors (Lipinski definition) is 4. The number of amides is 5. The summed E-state index contributed by atoms with van der Waals surface area (Å²) in [5.74, 6) is -3.07. The van der Waals surface area contributed by atoms with Gasteiger partial charge >= 0.3 is 0 Å². The number of fused-ring (bicyclic) bond motifs is 2. The van der Waals surface area contributed by atoms with Crippen LogP contribution in [0.25, 0.3) is 0 Å². The van der Waals surface area contributed by atoms with Crippen LogP contribution >= 0.6 is 11.3 Å². The molecule has 1 aliphatic heterocycles. The predicted molar refractivity (Wildman–Crippen MR) is 214 cm³/mol. The molecule has 2 aromatic rings. The summed E-state index contributed by atoms with van der Waals surface area (Å²) < 4.78 is 0. The first-order valence-electron chi connectivity index (χ1n) is 20.6. The molecule has 2 heterocycles. The molecule has 7 rings (SSSR count). The summed E-state index contributed by atoms with van der Waals surface area (Å²) >= 11 is 1.31. The Bertz CT molecular complexity index is 1820. The molecule has 6 unspecified atom stereocenters. The van der Waals surface area contributed by atoms with Crippen LogP contribution in [-0.2, 0) is 36.8 Å². The summed E-state index contributed by atoms with van der Waals surface area (Å²) in [5.41, 5.74) is 1.53. The fourth-order valence-electron chi connectivity index (χ4n) is 10.2. The summed E-state index contributed by atoms with van der Waals surface area (Å²) in [6.45, 7) is 10.3. The second-order valence-corrected chi connectivity index (χ2v) is 18.8. The number of thiophene rings is 1. The highest BCUT2D eigenvalue weighted by Crippen LogP contribution is 2.65. The van der Waals surface area contributed by atoms with Gasteiger partial charge in [0.2, 0.25) is 23.5 Å². The van der Waals surface area contributed by atoms with Gasteiger partial charge in [0.1, 0.15) is 18.1 Å². The summed E-state index contributed by atoms with van der Waals surface area (Å²) in [5, 5.41) is 13.6. The molecule has 5 aliphatic rings. The topological polar surface area (TPSA) is 154 Å². The lowest BCUT2D eigenvalue weighted by molar-refractivity contribution is -0.146. The van der Waals surface area contributed by atoms with Crippen molar-refractivity contribution in [3.05, 3.63) is 70.4 Å². The Morgan fingerprint density at radius 1 is 0.911 bits per heavy atom. The third-order valence-corrected chi connectivity index (χ3v) is 14.8. The summed E-state index contributed by atoms with van der Waals surface area (Å²) in [7, 11) is 0. The molecular weight excluding hydrogens is 727 g/mol. The second kappa shape index (κ2) is 16.3. The van der Waals surface area contributed by atoms with Gasteiger partial charge in [-0.3, -0.25) is 28.8 Å². The number of rotatable bonds is 15. The van der Waals surface area contributed by atoms with Crippen molar-refractivity contribution < 1.29 is 28.8 Å². The number of nitrogens with zero attached hydrogens (tertiary/aromatic N) is 1. The SMILES string of the molecule is C=CCNC(=O)C(=O)C(CC1CCC1)NC(=O)C1C2C(CN1C(=O)C(NC(=O)C(NC(=O)c1cccs1)C1(C)CCCCC1)C1Cc3ccccc3C1)C2(C)C. The smallest absolute Gasteiger partial charge is 0.289 e. The Morgan fingerprint density at radius 3 is 2.21 bits per heavy atom. The molecule has 4 aliphatic carbocycles. The van der Waals surface area contributed by atoms with Crippen molar-refractivity contribution in [1.29, 1.82) is 0 Å². The Balaban J connectivity index is 1.17. The quantitative estimate of drug-likeness (QED) is 0.151. The molecule has 1 aromatic heterocycles. The third kappa shape index (κ3) is 7.95. The van der Waals surface area contributed by atoms with Crippen molar-refractivity contribution in [2.24, 2.45) is 34.5 Å². The number of hydrogen-bond acceptors (Lipinski definition) is 7. The maximum Gasteiger partial charge on any atom is 0.289 e. The van der Waals surface area contributed by atoms with Gasteiger partial charge in [-0.05, 0) is 89.2 Å². The molecule has 4 fully saturated rings. The van der Waals surface area contributed by atoms with Crippen LogP contribution in [-0.4, -0.2) is 77.5 Å². The van der Waals surface area contributed by atoms with E-state index in [4.69, 9.17) is 0 Å². The molecule has 11 nitrogen and oxygen atoms in total. The van der Waals surface area contributed by atoms with Crippen molar-refractivity contribution in [3.63, 3.8) is 0 Å². The van der Waals surface area contributed by atoms with Crippen LogP contribution in [0.15, 0.2) is 54.4 Å². The van der Waals surface area contributed by atoms with Crippen LogP contribution in [0.2, 0.25) is 0 Å². The van der Waals surface area contributed by atoms with Crippen molar-refractivity contribution >= 4 is 46.7 Å². The summed E-state index contributed by atoms with van der Waals surface area (Å²) in [6, 6.07) is 7.90. The minimum Gasteiger partial charge on any atom is -0.346 e. The molecular formula is C44H57N5O6S. The molecule has 1 saturated heterocycles. The predicted octanol–water partition coefficient (Wildman–Crippen LogP) is 4.75. The van der Waals surface area contributed by atoms with Crippen molar-refractivity contribution in [2.75, 3.05) is 13.1 Å². The first kappa shape index (κ1) is 39.9. The zero-order chi connectivity index (χ0) is 39.8. The Labute approximate surface area is 334 Å². The molecule has 0 radical (unpaired) electrons. The largest absolute Gasteiger partial charge is 0.346 e. The van der Waals surface area contributed by atoms with Crippen LogP contribution in [0.3, 0.4) is 0 Å². The Kier molecular flexibility index (Phi) is 11.6. The van der Waals surface area contributed by atoms with Gasteiger partial charge in [-0.1, -0.05) is 95.7 Å². The minimum atomic E-state index is -1.01. The Hall–Kier alpha value is -4.32. The standard InChI is InChI=1S/C44H57N5O6S/c1-5-20-45-40(53)36(50)31(22-26-13-11-14-26)46-39(52)35-33-30(43(33,2)3)25-49(35)42(55)34(29-23-27-15-7-8-16-28(27)24-29)47-41(54)37(44(4)18-9-6-10-19-44)48-38(51)32-17-12-21-56-32/h5,7-8,12,15-17,21,26,29-31,33-35,37H,1,6,9-11,13-14,18-20,22-25H2,2-4H3,(H,45,53)(H,46,52)(H,47,54)(H,48,51). The summed E-state index contributed by atoms with van der Waals surface area (Å²) in [6.07, 6.45) is 10.4. The lowest BCUT2D eigenvalue weighted by atomic mass is 9.70. The molecule has 1 aromatic carbocycles. The van der Waals surface area contributed by atoms with E-state index in [1.807, 2.05) is 17.5 Å². The molecule has 12 heteroatoms. The van der Waals surface area contributed by atoms with Crippen LogP contribution in [0, 0.1) is 34.5 Å². The number of carbonyl (C=O) groups is 6. The van der Waals surface area contributed by atoms with Gasteiger partial charge in [0.25, 0.3) is 11.8 Å². The van der Waals surface area contributed by atoms with E-state index in [9.17, 15) is 24.0 Å². The highest BCUT2D eigenvalue weighted by atomic mass is 32.1. The first-order valence-corrected chi connectivity index (χ1v) is 21.5. The van der Waals surface area contributed by atoms with Gasteiger partial charge < -0.3 is 26.2 Å². The number of piperidine rings is 1. The zero-order valence-corrected chi connectivity index (χ0v) is 33.8. The van der Waals surface area contributed by atoms with E-state index in [1.54, 1.807) is 17.0 Å². The lowest BCUT2D eigenvalue weighted by Gasteiger charge is -2.41. The fourth-order valence-corrected chi connectivity index (χ4v) is 10.8. The van der Waals surface area contributed by atoms with Gasteiger partial charge in [-0.2, -0.15) is 0 Å². The molecule has 56 heavy (non-hydrogen) atoms. The fraction of sp³-hybridized carbons (Fsp3) is 0.591. The second-order valence-electron chi connectivity index (χ2n) is 17.9. The number of Topliss-reactive ketones (excluding diaryl/α,β-unsaturated/α-hetero) is 1. The number of benzene rings is 1. The van der Waals surface area contributed by atoms with Gasteiger partial charge in [0, 0.05) is 13.1 Å². The normalized spacial score (nSPS) is 25.0. The van der Waals surface area contributed by atoms with E-state index in [2.05, 4.69) is 60.8 Å². The first-order chi connectivity index (χ1) is 26.8. The molecule has 0 spiro atoms. The van der Waals surface area contributed by atoms with Gasteiger partial charge in [0.15, 0.2) is 0 Å². The molecule has 5 amide bonds. The van der Waals surface area contributed by atoms with E-state index in [0.29, 0.717) is 30.7 Å². The van der Waals surface area contributed by atoms with Crippen LogP contribution in [0.5, 0.6) is 0 Å². The van der Waals surface area contributed by atoms with Crippen molar-refractivity contribution in [1.82, 2.24) is 26.2 Å². The molecule has 300 valence electrons. The number of nitrogens with one attached hydrogen (secondary N) is 4. The van der Waals surface area contributed by atoms with E-state index in [0.717, 1.165) is 62.5 Å². The van der Waals surface area contributed by atoms with Gasteiger partial charge in [-0.15, -0.1) is 17.9 Å². The lowest BCUT2D eigenvalue weighted by Crippen LogP contribution is -2.63. The monoisotopic (exact) mass is 783 g/mol. The molecule has 3 saturated carbocycles. The maximum atomic E-state index is 15.2. The van der Waals surface area contributed by atoms with Gasteiger partial charge in [-0.25, -0.2) is 0 Å². The van der Waals surface area contributed by atoms with Crippen molar-refractivity contribution in [3.8, 4) is 0 Å². The van der Waals surface area contributed by atoms with E-state index in [1.165, 1.54) is 17.4 Å². The number of carbonyl (C=O) groups excluding carboxylic acids is 6. The van der Waals surface area contributed by atoms with E-state index < -0.39 is 53.1 Å². The number of likely N-dealkylation sites (tertiary alicyclic amines) is 1. The van der Waals surface area contributed by atoms with Crippen LogP contribution in [0.4, 0.5) is 0 Å². The average molecular weight is 784 g/mol. The highest BCUT2D eigenvalue weighted by Gasteiger charge is 2.70. The summed E-state index contributed by atoms with van der Waals surface area (Å²) in [4.78, 5) is 86.4. The Morgan fingerprint density at radius 2 is 1.61 bits per heavy atom. The molecule has 0 bridgehead atoms. The third-order valence-electron chi connectivity index (χ3n) is 13.9. The van der Waals surface area contributed by atoms with E-state index >= 15 is 4.79 Å². The zero-order valence-electron chi connectivity index (χ0n) is 32.9. The van der Waals surface area contributed by atoms with Crippen LogP contribution < -0.4 is 21.3 Å². The van der Waals surface area contributed by atoms with E-state index in [-0.39, 0.29) is 47.4 Å². The van der Waals surface area contributed by atoms with Crippen molar-refractivity contribution in [2.45, 2.75) is 116 Å². The van der Waals surface area contributed by atoms with Crippen LogP contribution in [0.1, 0.15) is 99.4 Å². The average Bonchev–Trinajstić information content (AvgIpc) is 3.77. The number of ketones is 1. The minimum absolute atomic E-state index is 0.0648. The molecule has 4 N–H and O–H groups in total. The van der Waals surface area contributed by atoms with Gasteiger partial charge in [0.05, 0.1) is 10.9 Å². The molecule has 6 atom stereocenters. The maximum absolute atomic E-state index is 15.2. The highest BCUT2D eigenvalue weighted by molar-refractivity contribution is 7.12.